The standard InChI is InChI=1S/C10H10N2O.C6H15N/c1-7(12-13)9-6-11-10-5-3-2-4-8(9)10;1-4-7(5-2)6-3/h2-6,11,13H,1H3;4-6H2,1-3H3. The van der Waals surface area contributed by atoms with Gasteiger partial charge in [0, 0.05) is 22.7 Å². The van der Waals surface area contributed by atoms with E-state index in [1.54, 1.807) is 6.92 Å². The van der Waals surface area contributed by atoms with Gasteiger partial charge in [-0.15, -0.1) is 0 Å². The smallest absolute Gasteiger partial charge is 0.0858 e. The van der Waals surface area contributed by atoms with Crippen molar-refractivity contribution in [3.05, 3.63) is 36.0 Å². The highest BCUT2D eigenvalue weighted by Crippen LogP contribution is 2.17. The van der Waals surface area contributed by atoms with E-state index in [1.807, 2.05) is 30.5 Å². The molecule has 2 aromatic rings. The second kappa shape index (κ2) is 8.38. The normalized spacial score (nSPS) is 11.6. The van der Waals surface area contributed by atoms with Crippen molar-refractivity contribution in [2.45, 2.75) is 27.7 Å². The summed E-state index contributed by atoms with van der Waals surface area (Å²) in [6.07, 6.45) is 1.85. The first kappa shape index (κ1) is 16.2. The number of para-hydroxylation sites is 1. The van der Waals surface area contributed by atoms with Gasteiger partial charge in [-0.2, -0.15) is 0 Å². The Morgan fingerprint density at radius 3 is 2.25 bits per heavy atom. The zero-order chi connectivity index (χ0) is 15.0. The van der Waals surface area contributed by atoms with Crippen molar-refractivity contribution >= 4 is 16.6 Å². The van der Waals surface area contributed by atoms with Crippen molar-refractivity contribution in [1.82, 2.24) is 9.88 Å². The lowest BCUT2D eigenvalue weighted by Gasteiger charge is -2.13. The van der Waals surface area contributed by atoms with Crippen molar-refractivity contribution in [2.24, 2.45) is 5.16 Å². The second-order valence-corrected chi connectivity index (χ2v) is 4.55. The summed E-state index contributed by atoms with van der Waals surface area (Å²) in [6, 6.07) is 7.91. The minimum absolute atomic E-state index is 0.623. The third-order valence-electron chi connectivity index (χ3n) is 3.47. The molecule has 4 nitrogen and oxygen atoms in total. The van der Waals surface area contributed by atoms with Gasteiger partial charge in [-0.05, 0) is 32.6 Å². The van der Waals surface area contributed by atoms with Crippen LogP contribution in [0.15, 0.2) is 35.6 Å². The van der Waals surface area contributed by atoms with E-state index in [0.717, 1.165) is 16.5 Å². The van der Waals surface area contributed by atoms with Gasteiger partial charge in [0.2, 0.25) is 0 Å². The number of benzene rings is 1. The molecule has 2 N–H and O–H groups in total. The van der Waals surface area contributed by atoms with Crippen LogP contribution in [0.3, 0.4) is 0 Å². The van der Waals surface area contributed by atoms with E-state index in [9.17, 15) is 0 Å². The fourth-order valence-corrected chi connectivity index (χ4v) is 2.10. The van der Waals surface area contributed by atoms with Crippen LogP contribution in [0.1, 0.15) is 33.3 Å². The van der Waals surface area contributed by atoms with Crippen molar-refractivity contribution in [1.29, 1.82) is 0 Å². The molecule has 1 aromatic heterocycles. The van der Waals surface area contributed by atoms with Crippen LogP contribution in [-0.4, -0.2) is 40.4 Å². The first-order chi connectivity index (χ1) is 9.67. The average molecular weight is 275 g/mol. The summed E-state index contributed by atoms with van der Waals surface area (Å²) in [7, 11) is 0. The summed E-state index contributed by atoms with van der Waals surface area (Å²) in [6.45, 7) is 11.9. The molecular weight excluding hydrogens is 250 g/mol. The first-order valence-corrected chi connectivity index (χ1v) is 7.15. The SMILES string of the molecule is CC(=NO)c1c[nH]c2ccccc12.CCN(CC)CC. The van der Waals surface area contributed by atoms with Gasteiger partial charge >= 0.3 is 0 Å². The van der Waals surface area contributed by atoms with Gasteiger partial charge in [-0.1, -0.05) is 44.1 Å². The van der Waals surface area contributed by atoms with Gasteiger partial charge < -0.3 is 15.1 Å². The van der Waals surface area contributed by atoms with E-state index in [-0.39, 0.29) is 0 Å². The summed E-state index contributed by atoms with van der Waals surface area (Å²) in [5.41, 5.74) is 2.62. The summed E-state index contributed by atoms with van der Waals surface area (Å²) in [5.74, 6) is 0. The Bertz CT molecular complexity index is 536. The highest BCUT2D eigenvalue weighted by atomic mass is 16.4. The predicted molar refractivity (Wildman–Crippen MR) is 85.8 cm³/mol. The van der Waals surface area contributed by atoms with Crippen LogP contribution in [0.25, 0.3) is 10.9 Å². The van der Waals surface area contributed by atoms with Crippen LogP contribution in [0.5, 0.6) is 0 Å². The summed E-state index contributed by atoms with van der Waals surface area (Å²) in [5, 5.41) is 12.9. The molecule has 0 unspecified atom stereocenters. The topological polar surface area (TPSA) is 51.6 Å². The maximum Gasteiger partial charge on any atom is 0.0858 e. The van der Waals surface area contributed by atoms with Gasteiger partial charge in [-0.3, -0.25) is 0 Å². The Morgan fingerprint density at radius 2 is 1.75 bits per heavy atom. The van der Waals surface area contributed by atoms with Gasteiger partial charge in [0.05, 0.1) is 5.71 Å². The van der Waals surface area contributed by atoms with E-state index < -0.39 is 0 Å². The molecular formula is C16H25N3O. The maximum absolute atomic E-state index is 8.64. The minimum Gasteiger partial charge on any atom is -0.411 e. The molecule has 0 aliphatic carbocycles. The molecule has 0 spiro atoms. The molecule has 2 rings (SSSR count). The number of nitrogens with zero attached hydrogens (tertiary/aromatic N) is 2. The monoisotopic (exact) mass is 275 g/mol. The molecule has 0 saturated heterocycles. The van der Waals surface area contributed by atoms with E-state index in [4.69, 9.17) is 5.21 Å². The predicted octanol–water partition coefficient (Wildman–Crippen LogP) is 3.71. The van der Waals surface area contributed by atoms with Gasteiger partial charge in [0.1, 0.15) is 0 Å². The molecule has 0 fully saturated rings. The third-order valence-corrected chi connectivity index (χ3v) is 3.47. The number of hydrogen-bond acceptors (Lipinski definition) is 3. The molecule has 1 heterocycles. The molecule has 1 aromatic carbocycles. The van der Waals surface area contributed by atoms with Crippen LogP contribution >= 0.6 is 0 Å². The van der Waals surface area contributed by atoms with Gasteiger partial charge in [0.15, 0.2) is 0 Å². The van der Waals surface area contributed by atoms with E-state index >= 15 is 0 Å². The molecule has 110 valence electrons. The minimum atomic E-state index is 0.623. The van der Waals surface area contributed by atoms with Crippen LogP contribution in [-0.2, 0) is 0 Å². The number of aromatic nitrogens is 1. The molecule has 0 aliphatic heterocycles. The molecule has 0 atom stereocenters. The van der Waals surface area contributed by atoms with Gasteiger partial charge in [0.25, 0.3) is 0 Å². The Labute approximate surface area is 121 Å². The van der Waals surface area contributed by atoms with Crippen LogP contribution < -0.4 is 0 Å². The lowest BCUT2D eigenvalue weighted by molar-refractivity contribution is 0.319. The number of H-pyrrole nitrogens is 1. The zero-order valence-electron chi connectivity index (χ0n) is 12.8. The Balaban J connectivity index is 0.000000246. The Morgan fingerprint density at radius 1 is 1.15 bits per heavy atom. The van der Waals surface area contributed by atoms with Crippen molar-refractivity contribution in [2.75, 3.05) is 19.6 Å². The lowest BCUT2D eigenvalue weighted by Crippen LogP contribution is -2.21. The number of rotatable bonds is 4. The van der Waals surface area contributed by atoms with Crippen LogP contribution in [0, 0.1) is 0 Å². The largest absolute Gasteiger partial charge is 0.411 e. The Kier molecular flexibility index (Phi) is 6.81. The summed E-state index contributed by atoms with van der Waals surface area (Å²) in [4.78, 5) is 5.49. The Hall–Kier alpha value is -1.81. The maximum atomic E-state index is 8.64. The van der Waals surface area contributed by atoms with Gasteiger partial charge in [-0.25, -0.2) is 0 Å². The van der Waals surface area contributed by atoms with Crippen LogP contribution in [0.4, 0.5) is 0 Å². The summed E-state index contributed by atoms with van der Waals surface area (Å²) < 4.78 is 0. The van der Waals surface area contributed by atoms with Crippen molar-refractivity contribution in [3.8, 4) is 0 Å². The number of nitrogens with one attached hydrogen (secondary N) is 1. The average Bonchev–Trinajstić information content (AvgIpc) is 2.93. The van der Waals surface area contributed by atoms with Crippen molar-refractivity contribution < 1.29 is 5.21 Å². The zero-order valence-corrected chi connectivity index (χ0v) is 12.8. The number of oxime groups is 1. The first-order valence-electron chi connectivity index (χ1n) is 7.15. The molecule has 20 heavy (non-hydrogen) atoms. The fraction of sp³-hybridized carbons (Fsp3) is 0.438. The molecule has 0 aliphatic rings. The highest BCUT2D eigenvalue weighted by Gasteiger charge is 2.04. The quantitative estimate of drug-likeness (QED) is 0.507. The summed E-state index contributed by atoms with van der Waals surface area (Å²) >= 11 is 0. The number of aromatic amines is 1. The van der Waals surface area contributed by atoms with Crippen molar-refractivity contribution in [3.63, 3.8) is 0 Å². The molecule has 0 amide bonds. The van der Waals surface area contributed by atoms with E-state index in [1.165, 1.54) is 19.6 Å². The van der Waals surface area contributed by atoms with E-state index in [0.29, 0.717) is 5.71 Å². The molecule has 0 bridgehead atoms. The number of hydrogen-bond donors (Lipinski definition) is 2. The third kappa shape index (κ3) is 4.10. The fourth-order valence-electron chi connectivity index (χ4n) is 2.10. The molecule has 4 heteroatoms. The van der Waals surface area contributed by atoms with E-state index in [2.05, 4.69) is 35.8 Å². The number of fused-ring (bicyclic) bond motifs is 1. The molecule has 0 saturated carbocycles. The van der Waals surface area contributed by atoms with Crippen LogP contribution in [0.2, 0.25) is 0 Å². The second-order valence-electron chi connectivity index (χ2n) is 4.55. The lowest BCUT2D eigenvalue weighted by atomic mass is 10.1. The highest BCUT2D eigenvalue weighted by molar-refractivity contribution is 6.09. The molecule has 0 radical (unpaired) electrons.